The second-order valence-electron chi connectivity index (χ2n) is 3.53. The van der Waals surface area contributed by atoms with Crippen molar-refractivity contribution >= 4 is 23.2 Å². The van der Waals surface area contributed by atoms with Crippen molar-refractivity contribution in [2.45, 2.75) is 12.2 Å². The third kappa shape index (κ3) is 4.16. The maximum Gasteiger partial charge on any atom is 0.270 e. The lowest BCUT2D eigenvalue weighted by atomic mass is 10.1. The van der Waals surface area contributed by atoms with Crippen LogP contribution in [0.25, 0.3) is 0 Å². The first-order valence-electron chi connectivity index (χ1n) is 5.04. The van der Waals surface area contributed by atoms with Crippen LogP contribution in [0.5, 0.6) is 0 Å². The van der Waals surface area contributed by atoms with E-state index in [2.05, 4.69) is 0 Å². The van der Waals surface area contributed by atoms with Crippen LogP contribution in [-0.2, 0) is 0 Å². The number of benzene rings is 1. The molecule has 1 unspecified atom stereocenters. The Morgan fingerprint density at radius 2 is 2.29 bits per heavy atom. The lowest BCUT2D eigenvalue weighted by molar-refractivity contribution is -0.384. The van der Waals surface area contributed by atoms with E-state index >= 15 is 0 Å². The Bertz CT molecular complexity index is 422. The van der Waals surface area contributed by atoms with Crippen molar-refractivity contribution in [3.63, 3.8) is 0 Å². The number of carbonyl (C=O) groups excluding carboxylic acids is 1. The lowest BCUT2D eigenvalue weighted by Crippen LogP contribution is -2.09. The highest BCUT2D eigenvalue weighted by molar-refractivity contribution is 8.00. The monoisotopic (exact) mass is 255 g/mol. The number of hydrogen-bond donors (Lipinski definition) is 1. The first-order valence-corrected chi connectivity index (χ1v) is 6.09. The molecule has 0 saturated heterocycles. The smallest absolute Gasteiger partial charge is 0.270 e. The summed E-state index contributed by atoms with van der Waals surface area (Å²) in [5.41, 5.74) is 0.243. The van der Waals surface area contributed by atoms with Gasteiger partial charge in [0.1, 0.15) is 0 Å². The number of nitro benzene ring substituents is 1. The Kier molecular flexibility index (Phi) is 5.11. The predicted octanol–water partition coefficient (Wildman–Crippen LogP) is 1.89. The van der Waals surface area contributed by atoms with Crippen molar-refractivity contribution in [3.8, 4) is 0 Å². The molecule has 17 heavy (non-hydrogen) atoms. The maximum absolute atomic E-state index is 11.7. The van der Waals surface area contributed by atoms with Crippen molar-refractivity contribution in [1.29, 1.82) is 0 Å². The number of ketones is 1. The Labute approximate surface area is 103 Å². The van der Waals surface area contributed by atoms with Gasteiger partial charge >= 0.3 is 0 Å². The minimum atomic E-state index is -0.528. The molecule has 1 aromatic rings. The number of non-ortho nitro benzene ring substituents is 1. The summed E-state index contributed by atoms with van der Waals surface area (Å²) in [6.07, 6.45) is 0. The van der Waals surface area contributed by atoms with Gasteiger partial charge in [-0.25, -0.2) is 0 Å². The first-order chi connectivity index (χ1) is 8.04. The molecule has 0 aromatic heterocycles. The Morgan fingerprint density at radius 3 is 2.88 bits per heavy atom. The molecule has 1 aromatic carbocycles. The summed E-state index contributed by atoms with van der Waals surface area (Å²) in [7, 11) is 0. The van der Waals surface area contributed by atoms with E-state index in [0.717, 1.165) is 0 Å². The van der Waals surface area contributed by atoms with Crippen molar-refractivity contribution < 1.29 is 14.8 Å². The summed E-state index contributed by atoms with van der Waals surface area (Å²) in [4.78, 5) is 21.7. The molecular formula is C11H13NO4S. The Morgan fingerprint density at radius 1 is 1.59 bits per heavy atom. The summed E-state index contributed by atoms with van der Waals surface area (Å²) in [6.45, 7) is 1.82. The van der Waals surface area contributed by atoms with E-state index < -0.39 is 4.92 Å². The highest BCUT2D eigenvalue weighted by Crippen LogP contribution is 2.17. The van der Waals surface area contributed by atoms with Gasteiger partial charge in [-0.1, -0.05) is 19.1 Å². The van der Waals surface area contributed by atoms with E-state index in [0.29, 0.717) is 5.56 Å². The van der Waals surface area contributed by atoms with Gasteiger partial charge < -0.3 is 5.11 Å². The predicted molar refractivity (Wildman–Crippen MR) is 66.4 cm³/mol. The number of nitrogens with zero attached hydrogens (tertiary/aromatic N) is 1. The summed E-state index contributed by atoms with van der Waals surface area (Å²) in [6, 6.07) is 5.66. The van der Waals surface area contributed by atoms with Crippen LogP contribution in [0.15, 0.2) is 24.3 Å². The van der Waals surface area contributed by atoms with E-state index in [-0.39, 0.29) is 29.1 Å². The minimum absolute atomic E-state index is 0.00683. The molecule has 0 fully saturated rings. The van der Waals surface area contributed by atoms with Gasteiger partial charge in [-0.05, 0) is 0 Å². The number of nitro groups is 1. The standard InChI is InChI=1S/C11H13NO4S/c1-8(6-13)17-7-11(14)9-3-2-4-10(5-9)12(15)16/h2-5,8,13H,6-7H2,1H3. The number of carbonyl (C=O) groups is 1. The number of aliphatic hydroxyl groups excluding tert-OH is 1. The van der Waals surface area contributed by atoms with Crippen LogP contribution < -0.4 is 0 Å². The topological polar surface area (TPSA) is 80.4 Å². The lowest BCUT2D eigenvalue weighted by Gasteiger charge is -2.06. The number of aliphatic hydroxyl groups is 1. The van der Waals surface area contributed by atoms with E-state index in [1.54, 1.807) is 6.07 Å². The Balaban J connectivity index is 2.69. The molecule has 0 aliphatic carbocycles. The normalized spacial score (nSPS) is 12.1. The highest BCUT2D eigenvalue weighted by Gasteiger charge is 2.12. The van der Waals surface area contributed by atoms with Crippen LogP contribution in [-0.4, -0.2) is 33.4 Å². The third-order valence-corrected chi connectivity index (χ3v) is 3.28. The van der Waals surface area contributed by atoms with E-state index in [4.69, 9.17) is 5.11 Å². The Hall–Kier alpha value is -1.40. The molecule has 0 bridgehead atoms. The van der Waals surface area contributed by atoms with Gasteiger partial charge in [0.15, 0.2) is 5.78 Å². The highest BCUT2D eigenvalue weighted by atomic mass is 32.2. The zero-order valence-corrected chi connectivity index (χ0v) is 10.1. The quantitative estimate of drug-likeness (QED) is 0.477. The minimum Gasteiger partial charge on any atom is -0.395 e. The fraction of sp³-hybridized carbons (Fsp3) is 0.364. The zero-order valence-electron chi connectivity index (χ0n) is 9.33. The molecule has 1 N–H and O–H groups in total. The van der Waals surface area contributed by atoms with Crippen LogP contribution in [0, 0.1) is 10.1 Å². The average molecular weight is 255 g/mol. The van der Waals surface area contributed by atoms with Crippen LogP contribution >= 0.6 is 11.8 Å². The van der Waals surface area contributed by atoms with Crippen LogP contribution in [0.4, 0.5) is 5.69 Å². The molecule has 0 amide bonds. The van der Waals surface area contributed by atoms with Crippen LogP contribution in [0.3, 0.4) is 0 Å². The molecule has 92 valence electrons. The summed E-state index contributed by atoms with van der Waals surface area (Å²) in [5.74, 6) is 0.0436. The second kappa shape index (κ2) is 6.36. The molecule has 0 saturated carbocycles. The fourth-order valence-corrected chi connectivity index (χ4v) is 1.85. The fourth-order valence-electron chi connectivity index (χ4n) is 1.15. The first kappa shape index (κ1) is 13.7. The number of hydrogen-bond acceptors (Lipinski definition) is 5. The molecule has 0 radical (unpaired) electrons. The maximum atomic E-state index is 11.7. The van der Waals surface area contributed by atoms with Gasteiger partial charge in [0.25, 0.3) is 5.69 Å². The van der Waals surface area contributed by atoms with Crippen molar-refractivity contribution in [1.82, 2.24) is 0 Å². The molecule has 0 aliphatic rings. The summed E-state index contributed by atoms with van der Waals surface area (Å²) in [5, 5.41) is 19.3. The molecule has 0 spiro atoms. The number of thioether (sulfide) groups is 1. The van der Waals surface area contributed by atoms with E-state index in [1.165, 1.54) is 30.0 Å². The molecule has 1 rings (SSSR count). The molecule has 0 heterocycles. The molecule has 0 aliphatic heterocycles. The van der Waals surface area contributed by atoms with Gasteiger partial charge in [0, 0.05) is 22.9 Å². The van der Waals surface area contributed by atoms with Gasteiger partial charge in [0.05, 0.1) is 17.3 Å². The SMILES string of the molecule is CC(CO)SCC(=O)c1cccc([N+](=O)[O-])c1. The summed E-state index contributed by atoms with van der Waals surface area (Å²) >= 11 is 1.32. The summed E-state index contributed by atoms with van der Waals surface area (Å²) < 4.78 is 0. The third-order valence-electron chi connectivity index (χ3n) is 2.14. The zero-order chi connectivity index (χ0) is 12.8. The second-order valence-corrected chi connectivity index (χ2v) is 4.96. The molecule has 5 nitrogen and oxygen atoms in total. The van der Waals surface area contributed by atoms with Gasteiger partial charge in [-0.2, -0.15) is 0 Å². The largest absolute Gasteiger partial charge is 0.395 e. The van der Waals surface area contributed by atoms with Gasteiger partial charge in [0.2, 0.25) is 0 Å². The van der Waals surface area contributed by atoms with Crippen molar-refractivity contribution in [2.24, 2.45) is 0 Å². The van der Waals surface area contributed by atoms with Crippen LogP contribution in [0.1, 0.15) is 17.3 Å². The van der Waals surface area contributed by atoms with Crippen molar-refractivity contribution in [2.75, 3.05) is 12.4 Å². The molecule has 1 atom stereocenters. The van der Waals surface area contributed by atoms with Crippen molar-refractivity contribution in [3.05, 3.63) is 39.9 Å². The van der Waals surface area contributed by atoms with E-state index in [1.807, 2.05) is 6.92 Å². The van der Waals surface area contributed by atoms with Gasteiger partial charge in [-0.15, -0.1) is 11.8 Å². The van der Waals surface area contributed by atoms with Crippen LogP contribution in [0.2, 0.25) is 0 Å². The van der Waals surface area contributed by atoms with Gasteiger partial charge in [-0.3, -0.25) is 14.9 Å². The number of rotatable bonds is 6. The average Bonchev–Trinajstić information content (AvgIpc) is 2.35. The molecular weight excluding hydrogens is 242 g/mol. The molecule has 6 heteroatoms. The number of Topliss-reactive ketones (excluding diaryl/α,β-unsaturated/α-hetero) is 1. The van der Waals surface area contributed by atoms with E-state index in [9.17, 15) is 14.9 Å².